The van der Waals surface area contributed by atoms with Crippen molar-refractivity contribution in [2.75, 3.05) is 19.8 Å². The van der Waals surface area contributed by atoms with Crippen molar-refractivity contribution in [1.82, 2.24) is 4.98 Å². The largest absolute Gasteiger partial charge is 0.449 e. The van der Waals surface area contributed by atoms with Crippen LogP contribution in [0.3, 0.4) is 0 Å². The second-order valence-electron chi connectivity index (χ2n) is 5.93. The molecule has 0 aliphatic heterocycles. The van der Waals surface area contributed by atoms with Crippen LogP contribution in [0.2, 0.25) is 0 Å². The lowest BCUT2D eigenvalue weighted by molar-refractivity contribution is 0.118. The Kier molecular flexibility index (Phi) is 8.88. The zero-order chi connectivity index (χ0) is 18.2. The van der Waals surface area contributed by atoms with Crippen LogP contribution in [0.4, 0.5) is 0 Å². The van der Waals surface area contributed by atoms with Crippen molar-refractivity contribution in [3.05, 3.63) is 66.2 Å². The molecule has 2 aromatic carbocycles. The molecule has 0 saturated heterocycles. The lowest BCUT2D eigenvalue weighted by atomic mass is 10.2. The summed E-state index contributed by atoms with van der Waals surface area (Å²) in [5, 5.41) is 8.79. The Balaban J connectivity index is 0.00000261. The number of ether oxygens (including phenoxy) is 1. The Labute approximate surface area is 170 Å². The van der Waals surface area contributed by atoms with Crippen molar-refractivity contribution < 1.29 is 14.3 Å². The standard InChI is InChI=1S/C21H23NO3S.ClH/c1-16-22-20(15-25-16)17-7-9-19(10-8-17)26-21-6-3-2-5-18(21)11-14-24-13-4-12-23;/h2-3,5-10,15,23H,4,11-14H2,1H3;1H. The molecule has 1 aromatic heterocycles. The van der Waals surface area contributed by atoms with Crippen LogP contribution in [0.5, 0.6) is 0 Å². The van der Waals surface area contributed by atoms with Gasteiger partial charge in [-0.15, -0.1) is 12.4 Å². The van der Waals surface area contributed by atoms with E-state index in [9.17, 15) is 0 Å². The highest BCUT2D eigenvalue weighted by atomic mass is 35.5. The molecule has 0 amide bonds. The minimum atomic E-state index is 0. The van der Waals surface area contributed by atoms with Gasteiger partial charge in [-0.3, -0.25) is 0 Å². The molecule has 0 bridgehead atoms. The van der Waals surface area contributed by atoms with Crippen LogP contribution in [0, 0.1) is 6.92 Å². The Morgan fingerprint density at radius 1 is 1.07 bits per heavy atom. The third-order valence-electron chi connectivity index (χ3n) is 3.93. The smallest absolute Gasteiger partial charge is 0.191 e. The van der Waals surface area contributed by atoms with Gasteiger partial charge in [-0.05, 0) is 36.6 Å². The highest BCUT2D eigenvalue weighted by Crippen LogP contribution is 2.32. The number of hydrogen-bond acceptors (Lipinski definition) is 5. The van der Waals surface area contributed by atoms with E-state index < -0.39 is 0 Å². The van der Waals surface area contributed by atoms with Gasteiger partial charge in [-0.1, -0.05) is 42.1 Å². The molecule has 0 radical (unpaired) electrons. The van der Waals surface area contributed by atoms with Gasteiger partial charge in [0.15, 0.2) is 5.89 Å². The summed E-state index contributed by atoms with van der Waals surface area (Å²) in [7, 11) is 0. The first-order valence-electron chi connectivity index (χ1n) is 8.73. The number of rotatable bonds is 9. The summed E-state index contributed by atoms with van der Waals surface area (Å²) in [5.41, 5.74) is 3.19. The Morgan fingerprint density at radius 3 is 2.56 bits per heavy atom. The second kappa shape index (κ2) is 11.1. The molecule has 1 N–H and O–H groups in total. The normalized spacial score (nSPS) is 10.6. The van der Waals surface area contributed by atoms with Gasteiger partial charge >= 0.3 is 0 Å². The van der Waals surface area contributed by atoms with E-state index in [1.165, 1.54) is 15.4 Å². The zero-order valence-corrected chi connectivity index (χ0v) is 16.9. The number of aliphatic hydroxyl groups excluding tert-OH is 1. The number of oxazole rings is 1. The van der Waals surface area contributed by atoms with Crippen molar-refractivity contribution in [3.8, 4) is 11.3 Å². The van der Waals surface area contributed by atoms with Gasteiger partial charge in [-0.2, -0.15) is 0 Å². The van der Waals surface area contributed by atoms with Gasteiger partial charge in [-0.25, -0.2) is 4.98 Å². The van der Waals surface area contributed by atoms with Crippen molar-refractivity contribution >= 4 is 24.2 Å². The van der Waals surface area contributed by atoms with Gasteiger partial charge < -0.3 is 14.3 Å². The van der Waals surface area contributed by atoms with Crippen LogP contribution in [0.25, 0.3) is 11.3 Å². The highest BCUT2D eigenvalue weighted by molar-refractivity contribution is 7.99. The highest BCUT2D eigenvalue weighted by Gasteiger charge is 2.07. The minimum absolute atomic E-state index is 0. The Morgan fingerprint density at radius 2 is 1.85 bits per heavy atom. The summed E-state index contributed by atoms with van der Waals surface area (Å²) in [6, 6.07) is 16.8. The molecule has 0 fully saturated rings. The summed E-state index contributed by atoms with van der Waals surface area (Å²) < 4.78 is 10.8. The van der Waals surface area contributed by atoms with Gasteiger partial charge in [0, 0.05) is 35.5 Å². The second-order valence-corrected chi connectivity index (χ2v) is 7.04. The average Bonchev–Trinajstić information content (AvgIpc) is 3.10. The number of hydrogen-bond donors (Lipinski definition) is 1. The molecule has 0 saturated carbocycles. The summed E-state index contributed by atoms with van der Waals surface area (Å²) >= 11 is 1.75. The molecule has 3 rings (SSSR count). The monoisotopic (exact) mass is 405 g/mol. The molecular formula is C21H24ClNO3S. The maximum Gasteiger partial charge on any atom is 0.191 e. The van der Waals surface area contributed by atoms with E-state index in [-0.39, 0.29) is 19.0 Å². The summed E-state index contributed by atoms with van der Waals surface area (Å²) in [4.78, 5) is 6.78. The van der Waals surface area contributed by atoms with Gasteiger partial charge in [0.25, 0.3) is 0 Å². The molecule has 0 aliphatic carbocycles. The lowest BCUT2D eigenvalue weighted by Crippen LogP contribution is -2.02. The first-order valence-corrected chi connectivity index (χ1v) is 9.55. The van der Waals surface area contributed by atoms with Crippen LogP contribution in [0.15, 0.2) is 69.0 Å². The molecule has 3 aromatic rings. The third-order valence-corrected chi connectivity index (χ3v) is 5.06. The first-order chi connectivity index (χ1) is 12.8. The SMILES string of the molecule is Cc1nc(-c2ccc(Sc3ccccc3CCOCCCO)cc2)co1.Cl. The third kappa shape index (κ3) is 6.40. The minimum Gasteiger partial charge on any atom is -0.449 e. The fourth-order valence-corrected chi connectivity index (χ4v) is 3.55. The predicted octanol–water partition coefficient (Wildman–Crippen LogP) is 5.16. The van der Waals surface area contributed by atoms with Crippen LogP contribution >= 0.6 is 24.2 Å². The molecule has 1 heterocycles. The molecule has 27 heavy (non-hydrogen) atoms. The molecule has 0 aliphatic rings. The molecule has 6 heteroatoms. The van der Waals surface area contributed by atoms with Gasteiger partial charge in [0.2, 0.25) is 0 Å². The van der Waals surface area contributed by atoms with Crippen LogP contribution in [-0.4, -0.2) is 29.9 Å². The maximum absolute atomic E-state index is 8.79. The number of benzene rings is 2. The van der Waals surface area contributed by atoms with Gasteiger partial charge in [0.1, 0.15) is 12.0 Å². The number of aliphatic hydroxyl groups is 1. The van der Waals surface area contributed by atoms with E-state index in [0.29, 0.717) is 25.5 Å². The van der Waals surface area contributed by atoms with E-state index in [4.69, 9.17) is 14.3 Å². The van der Waals surface area contributed by atoms with Crippen LogP contribution in [-0.2, 0) is 11.2 Å². The molecule has 0 unspecified atom stereocenters. The molecule has 4 nitrogen and oxygen atoms in total. The summed E-state index contributed by atoms with van der Waals surface area (Å²) in [5.74, 6) is 0.675. The fourth-order valence-electron chi connectivity index (χ4n) is 2.58. The van der Waals surface area contributed by atoms with Gasteiger partial charge in [0.05, 0.1) is 6.61 Å². The van der Waals surface area contributed by atoms with Crippen molar-refractivity contribution in [2.45, 2.75) is 29.6 Å². The Bertz CT molecular complexity index is 820. The Hall–Kier alpha value is -1.79. The van der Waals surface area contributed by atoms with E-state index in [2.05, 4.69) is 53.5 Å². The van der Waals surface area contributed by atoms with Crippen LogP contribution in [0.1, 0.15) is 17.9 Å². The van der Waals surface area contributed by atoms with Crippen molar-refractivity contribution in [3.63, 3.8) is 0 Å². The fraction of sp³-hybridized carbons (Fsp3) is 0.286. The average molecular weight is 406 g/mol. The maximum atomic E-state index is 8.79. The summed E-state index contributed by atoms with van der Waals surface area (Å²) in [6.07, 6.45) is 3.24. The number of nitrogens with zero attached hydrogens (tertiary/aromatic N) is 1. The van der Waals surface area contributed by atoms with E-state index in [0.717, 1.165) is 17.7 Å². The predicted molar refractivity (Wildman–Crippen MR) is 111 cm³/mol. The molecular weight excluding hydrogens is 382 g/mol. The van der Waals surface area contributed by atoms with E-state index in [1.54, 1.807) is 18.0 Å². The molecule has 0 spiro atoms. The number of halogens is 1. The topological polar surface area (TPSA) is 55.5 Å². The van der Waals surface area contributed by atoms with E-state index >= 15 is 0 Å². The van der Waals surface area contributed by atoms with Crippen molar-refractivity contribution in [1.29, 1.82) is 0 Å². The summed E-state index contributed by atoms with van der Waals surface area (Å²) in [6.45, 7) is 3.30. The van der Waals surface area contributed by atoms with Crippen molar-refractivity contribution in [2.24, 2.45) is 0 Å². The van der Waals surface area contributed by atoms with E-state index in [1.807, 2.05) is 6.92 Å². The molecule has 144 valence electrons. The van der Waals surface area contributed by atoms with Crippen LogP contribution < -0.4 is 0 Å². The molecule has 0 atom stereocenters. The number of aromatic nitrogens is 1. The lowest BCUT2D eigenvalue weighted by Gasteiger charge is -2.10. The number of aryl methyl sites for hydroxylation is 1. The quantitative estimate of drug-likeness (QED) is 0.498. The first kappa shape index (κ1) is 21.5. The zero-order valence-electron chi connectivity index (χ0n) is 15.3.